The third-order valence-corrected chi connectivity index (χ3v) is 3.97. The number of carbonyl (C=O) groups is 1. The lowest BCUT2D eigenvalue weighted by molar-refractivity contribution is -0.126. The van der Waals surface area contributed by atoms with Crippen LogP contribution in [-0.4, -0.2) is 37.7 Å². The Morgan fingerprint density at radius 1 is 1.35 bits per heavy atom. The predicted octanol–water partition coefficient (Wildman–Crippen LogP) is 1.06. The van der Waals surface area contributed by atoms with E-state index in [1.54, 1.807) is 0 Å². The van der Waals surface area contributed by atoms with Gasteiger partial charge in [0.25, 0.3) is 0 Å². The molecule has 4 nitrogen and oxygen atoms in total. The van der Waals surface area contributed by atoms with Crippen molar-refractivity contribution < 1.29 is 9.53 Å². The zero-order chi connectivity index (χ0) is 12.1. The Morgan fingerprint density at radius 3 is 2.76 bits per heavy atom. The van der Waals surface area contributed by atoms with Crippen LogP contribution in [0.15, 0.2) is 0 Å². The van der Waals surface area contributed by atoms with Gasteiger partial charge in [0, 0.05) is 12.6 Å². The van der Waals surface area contributed by atoms with E-state index in [2.05, 4.69) is 17.6 Å². The standard InChI is InChI=1S/C13H24N2O2/c1-10(11-5-3-2-4-6-11)15-13(16)12-9-17-8-7-14-12/h10-12,14H,2-9H2,1H3,(H,15,16). The van der Waals surface area contributed by atoms with Crippen LogP contribution in [0, 0.1) is 5.92 Å². The summed E-state index contributed by atoms with van der Waals surface area (Å²) >= 11 is 0. The molecule has 1 aliphatic carbocycles. The van der Waals surface area contributed by atoms with Gasteiger partial charge in [-0.1, -0.05) is 19.3 Å². The van der Waals surface area contributed by atoms with Crippen molar-refractivity contribution in [2.75, 3.05) is 19.8 Å². The van der Waals surface area contributed by atoms with Crippen LogP contribution in [0.1, 0.15) is 39.0 Å². The van der Waals surface area contributed by atoms with Crippen LogP contribution < -0.4 is 10.6 Å². The molecule has 17 heavy (non-hydrogen) atoms. The number of amides is 1. The van der Waals surface area contributed by atoms with E-state index < -0.39 is 0 Å². The summed E-state index contributed by atoms with van der Waals surface area (Å²) in [6.07, 6.45) is 6.51. The highest BCUT2D eigenvalue weighted by Crippen LogP contribution is 2.26. The number of morpholine rings is 1. The van der Waals surface area contributed by atoms with Gasteiger partial charge < -0.3 is 15.4 Å². The lowest BCUT2D eigenvalue weighted by Gasteiger charge is -2.30. The van der Waals surface area contributed by atoms with E-state index in [0.717, 1.165) is 6.54 Å². The number of ether oxygens (including phenoxy) is 1. The first-order valence-corrected chi connectivity index (χ1v) is 6.89. The van der Waals surface area contributed by atoms with Gasteiger partial charge in [0.05, 0.1) is 13.2 Å². The summed E-state index contributed by atoms with van der Waals surface area (Å²) in [6, 6.07) is 0.140. The molecule has 98 valence electrons. The zero-order valence-corrected chi connectivity index (χ0v) is 10.7. The molecule has 2 atom stereocenters. The lowest BCUT2D eigenvalue weighted by atomic mass is 9.84. The maximum atomic E-state index is 12.0. The summed E-state index contributed by atoms with van der Waals surface area (Å²) in [5.41, 5.74) is 0. The number of rotatable bonds is 3. The lowest BCUT2D eigenvalue weighted by Crippen LogP contribution is -2.54. The second kappa shape index (κ2) is 6.36. The van der Waals surface area contributed by atoms with Crippen molar-refractivity contribution in [2.45, 2.75) is 51.1 Å². The largest absolute Gasteiger partial charge is 0.378 e. The molecule has 2 unspecified atom stereocenters. The molecule has 2 aliphatic rings. The molecule has 4 heteroatoms. The highest BCUT2D eigenvalue weighted by molar-refractivity contribution is 5.82. The van der Waals surface area contributed by atoms with E-state index in [1.807, 2.05) is 0 Å². The Balaban J connectivity index is 1.76. The second-order valence-corrected chi connectivity index (χ2v) is 5.28. The first kappa shape index (κ1) is 12.8. The Morgan fingerprint density at radius 2 is 2.12 bits per heavy atom. The molecule has 0 radical (unpaired) electrons. The fraction of sp³-hybridized carbons (Fsp3) is 0.923. The molecule has 2 fully saturated rings. The molecule has 1 heterocycles. The minimum absolute atomic E-state index is 0.0998. The predicted molar refractivity (Wildman–Crippen MR) is 66.8 cm³/mol. The van der Waals surface area contributed by atoms with Crippen molar-refractivity contribution in [3.8, 4) is 0 Å². The molecule has 0 aromatic rings. The zero-order valence-electron chi connectivity index (χ0n) is 10.7. The first-order chi connectivity index (χ1) is 8.27. The van der Waals surface area contributed by atoms with Gasteiger partial charge in [-0.15, -0.1) is 0 Å². The van der Waals surface area contributed by atoms with Crippen LogP contribution in [-0.2, 0) is 9.53 Å². The van der Waals surface area contributed by atoms with E-state index in [4.69, 9.17) is 4.74 Å². The van der Waals surface area contributed by atoms with Crippen LogP contribution >= 0.6 is 0 Å². The molecular formula is C13H24N2O2. The van der Waals surface area contributed by atoms with Gasteiger partial charge in [0.2, 0.25) is 5.91 Å². The first-order valence-electron chi connectivity index (χ1n) is 6.89. The van der Waals surface area contributed by atoms with Crippen molar-refractivity contribution in [1.29, 1.82) is 0 Å². The molecule has 0 aromatic carbocycles. The van der Waals surface area contributed by atoms with Crippen LogP contribution in [0.25, 0.3) is 0 Å². The molecule has 0 bridgehead atoms. The van der Waals surface area contributed by atoms with Gasteiger partial charge in [-0.25, -0.2) is 0 Å². The Kier molecular flexibility index (Phi) is 4.80. The van der Waals surface area contributed by atoms with Crippen molar-refractivity contribution in [3.05, 3.63) is 0 Å². The van der Waals surface area contributed by atoms with Crippen LogP contribution in [0.5, 0.6) is 0 Å². The molecule has 0 aromatic heterocycles. The quantitative estimate of drug-likeness (QED) is 0.775. The molecule has 2 rings (SSSR count). The second-order valence-electron chi connectivity index (χ2n) is 5.28. The molecule has 0 spiro atoms. The van der Waals surface area contributed by atoms with E-state index in [9.17, 15) is 4.79 Å². The van der Waals surface area contributed by atoms with Gasteiger partial charge in [-0.05, 0) is 25.7 Å². The number of carbonyl (C=O) groups excluding carboxylic acids is 1. The van der Waals surface area contributed by atoms with E-state index in [0.29, 0.717) is 25.2 Å². The monoisotopic (exact) mass is 240 g/mol. The summed E-state index contributed by atoms with van der Waals surface area (Å²) in [5.74, 6) is 0.764. The fourth-order valence-corrected chi connectivity index (χ4v) is 2.81. The van der Waals surface area contributed by atoms with Crippen molar-refractivity contribution in [3.63, 3.8) is 0 Å². The van der Waals surface area contributed by atoms with Crippen LogP contribution in [0.2, 0.25) is 0 Å². The fourth-order valence-electron chi connectivity index (χ4n) is 2.81. The number of nitrogens with one attached hydrogen (secondary N) is 2. The number of hydrogen-bond acceptors (Lipinski definition) is 3. The van der Waals surface area contributed by atoms with Crippen LogP contribution in [0.4, 0.5) is 0 Å². The summed E-state index contributed by atoms with van der Waals surface area (Å²) in [4.78, 5) is 12.0. The summed E-state index contributed by atoms with van der Waals surface area (Å²) in [7, 11) is 0. The minimum atomic E-state index is -0.158. The average Bonchev–Trinajstić information content (AvgIpc) is 2.40. The number of hydrogen-bond donors (Lipinski definition) is 2. The smallest absolute Gasteiger partial charge is 0.239 e. The van der Waals surface area contributed by atoms with E-state index in [-0.39, 0.29) is 11.9 Å². The Bertz CT molecular complexity index is 246. The van der Waals surface area contributed by atoms with Gasteiger partial charge in [-0.2, -0.15) is 0 Å². The highest BCUT2D eigenvalue weighted by Gasteiger charge is 2.26. The summed E-state index contributed by atoms with van der Waals surface area (Å²) in [6.45, 7) is 4.12. The highest BCUT2D eigenvalue weighted by atomic mass is 16.5. The molecule has 1 amide bonds. The van der Waals surface area contributed by atoms with Gasteiger partial charge in [0.1, 0.15) is 6.04 Å². The molecule has 2 N–H and O–H groups in total. The molecule has 1 aliphatic heterocycles. The minimum Gasteiger partial charge on any atom is -0.378 e. The normalized spacial score (nSPS) is 28.6. The van der Waals surface area contributed by atoms with Crippen molar-refractivity contribution in [2.24, 2.45) is 5.92 Å². The molecule has 1 saturated carbocycles. The third kappa shape index (κ3) is 3.68. The summed E-state index contributed by atoms with van der Waals surface area (Å²) in [5, 5.41) is 6.33. The third-order valence-electron chi connectivity index (χ3n) is 3.97. The SMILES string of the molecule is CC(NC(=O)C1COCCN1)C1CCCCC1. The van der Waals surface area contributed by atoms with Gasteiger partial charge in [-0.3, -0.25) is 4.79 Å². The Labute approximate surface area is 103 Å². The maximum absolute atomic E-state index is 12.0. The van der Waals surface area contributed by atoms with Crippen molar-refractivity contribution >= 4 is 5.91 Å². The van der Waals surface area contributed by atoms with E-state index in [1.165, 1.54) is 32.1 Å². The van der Waals surface area contributed by atoms with Crippen molar-refractivity contribution in [1.82, 2.24) is 10.6 Å². The average molecular weight is 240 g/mol. The van der Waals surface area contributed by atoms with E-state index >= 15 is 0 Å². The summed E-state index contributed by atoms with van der Waals surface area (Å²) < 4.78 is 5.31. The van der Waals surface area contributed by atoms with Gasteiger partial charge in [0.15, 0.2) is 0 Å². The van der Waals surface area contributed by atoms with Crippen LogP contribution in [0.3, 0.4) is 0 Å². The molecular weight excluding hydrogens is 216 g/mol. The Hall–Kier alpha value is -0.610. The topological polar surface area (TPSA) is 50.4 Å². The molecule has 1 saturated heterocycles. The maximum Gasteiger partial charge on any atom is 0.239 e. The van der Waals surface area contributed by atoms with Gasteiger partial charge >= 0.3 is 0 Å².